The van der Waals surface area contributed by atoms with Crippen molar-refractivity contribution >= 4 is 44.8 Å². The molecule has 0 saturated heterocycles. The van der Waals surface area contributed by atoms with Crippen LogP contribution < -0.4 is 5.19 Å². The van der Waals surface area contributed by atoms with Crippen LogP contribution in [0.15, 0.2) is 116 Å². The molecule has 3 aromatic heterocycles. The number of aromatic nitrogens is 2. The third-order valence-corrected chi connectivity index (χ3v) is 12.1. The zero-order valence-electron chi connectivity index (χ0n) is 31.1. The van der Waals surface area contributed by atoms with E-state index in [4.69, 9.17) is 9.97 Å². The van der Waals surface area contributed by atoms with E-state index in [0.29, 0.717) is 5.92 Å². The SMILES string of the molecule is CC(C)(C)Cc1cc(-c2[c-]cccc2)ncc1[Si](C)(C)C.CC(C)Cc1ccnc(-c2[c-]ccc3c2sc2c(-c4ccccc4)cccc23)c1.[Ir]. The molecule has 3 heterocycles. The van der Waals surface area contributed by atoms with Crippen molar-refractivity contribution in [3.63, 3.8) is 0 Å². The molecule has 0 unspecified atom stereocenters. The van der Waals surface area contributed by atoms with Crippen molar-refractivity contribution in [3.8, 4) is 33.6 Å². The summed E-state index contributed by atoms with van der Waals surface area (Å²) in [4.78, 5) is 9.40. The van der Waals surface area contributed by atoms with Crippen LogP contribution in [0.1, 0.15) is 45.7 Å². The van der Waals surface area contributed by atoms with Crippen molar-refractivity contribution in [2.45, 2.75) is 67.1 Å². The van der Waals surface area contributed by atoms with Gasteiger partial charge in [0, 0.05) is 37.2 Å². The Balaban J connectivity index is 0.000000205. The summed E-state index contributed by atoms with van der Waals surface area (Å²) < 4.78 is 2.59. The largest absolute Gasteiger partial charge is 0.305 e. The molecular weight excluding hydrogens is 833 g/mol. The van der Waals surface area contributed by atoms with Gasteiger partial charge < -0.3 is 9.97 Å². The van der Waals surface area contributed by atoms with Crippen molar-refractivity contribution < 1.29 is 20.1 Å². The minimum atomic E-state index is -1.37. The summed E-state index contributed by atoms with van der Waals surface area (Å²) >= 11 is 1.85. The Morgan fingerprint density at radius 1 is 0.745 bits per heavy atom. The van der Waals surface area contributed by atoms with Gasteiger partial charge in [-0.05, 0) is 68.0 Å². The Bertz CT molecular complexity index is 2210. The van der Waals surface area contributed by atoms with Gasteiger partial charge in [-0.3, -0.25) is 0 Å². The van der Waals surface area contributed by atoms with Crippen LogP contribution in [0.3, 0.4) is 0 Å². The normalized spacial score (nSPS) is 11.7. The Morgan fingerprint density at radius 3 is 2.18 bits per heavy atom. The van der Waals surface area contributed by atoms with Gasteiger partial charge in [0.25, 0.3) is 0 Å². The molecule has 0 aliphatic carbocycles. The van der Waals surface area contributed by atoms with Gasteiger partial charge in [-0.25, -0.2) is 0 Å². The summed E-state index contributed by atoms with van der Waals surface area (Å²) in [6.07, 6.45) is 6.21. The summed E-state index contributed by atoms with van der Waals surface area (Å²) in [7, 11) is -1.37. The summed E-state index contributed by atoms with van der Waals surface area (Å²) in [5, 5.41) is 4.07. The first kappa shape index (κ1) is 38.5. The van der Waals surface area contributed by atoms with Gasteiger partial charge in [0.2, 0.25) is 0 Å². The molecule has 51 heavy (non-hydrogen) atoms. The molecule has 4 aromatic carbocycles. The number of thiophene rings is 1. The molecule has 0 atom stereocenters. The molecule has 0 N–H and O–H groups in total. The van der Waals surface area contributed by atoms with Crippen LogP contribution >= 0.6 is 11.3 Å². The second-order valence-electron chi connectivity index (χ2n) is 15.9. The minimum absolute atomic E-state index is 0. The fourth-order valence-electron chi connectivity index (χ4n) is 6.60. The molecule has 0 bridgehead atoms. The minimum Gasteiger partial charge on any atom is -0.305 e. The molecule has 7 rings (SSSR count). The first-order valence-electron chi connectivity index (χ1n) is 17.7. The van der Waals surface area contributed by atoms with Crippen LogP contribution in [-0.2, 0) is 32.9 Å². The van der Waals surface area contributed by atoms with E-state index in [1.54, 1.807) is 0 Å². The van der Waals surface area contributed by atoms with Gasteiger partial charge in [-0.15, -0.1) is 59.7 Å². The van der Waals surface area contributed by atoms with E-state index in [1.165, 1.54) is 47.6 Å². The maximum Gasteiger partial charge on any atom is 0.0798 e. The molecule has 0 fully saturated rings. The number of hydrogen-bond donors (Lipinski definition) is 0. The van der Waals surface area contributed by atoms with Gasteiger partial charge in [0.05, 0.1) is 8.07 Å². The molecule has 0 amide bonds. The fourth-order valence-corrected chi connectivity index (χ4v) is 9.52. The van der Waals surface area contributed by atoms with Crippen LogP contribution in [0.5, 0.6) is 0 Å². The van der Waals surface area contributed by atoms with E-state index in [2.05, 4.69) is 151 Å². The number of fused-ring (bicyclic) bond motifs is 3. The third-order valence-electron chi connectivity index (χ3n) is 8.77. The van der Waals surface area contributed by atoms with Crippen molar-refractivity contribution in [2.75, 3.05) is 0 Å². The van der Waals surface area contributed by atoms with E-state index in [9.17, 15) is 0 Å². The second kappa shape index (κ2) is 16.3. The Morgan fingerprint density at radius 2 is 1.49 bits per heavy atom. The predicted octanol–water partition coefficient (Wildman–Crippen LogP) is 12.5. The van der Waals surface area contributed by atoms with Gasteiger partial charge in [0.1, 0.15) is 0 Å². The van der Waals surface area contributed by atoms with Crippen LogP contribution in [-0.4, -0.2) is 18.0 Å². The van der Waals surface area contributed by atoms with Crippen LogP contribution in [0.2, 0.25) is 19.6 Å². The number of rotatable bonds is 7. The molecule has 0 saturated carbocycles. The van der Waals surface area contributed by atoms with Gasteiger partial charge in [0.15, 0.2) is 0 Å². The Kier molecular flexibility index (Phi) is 12.3. The van der Waals surface area contributed by atoms with Crippen molar-refractivity contribution in [3.05, 3.63) is 139 Å². The molecule has 0 aliphatic rings. The smallest absolute Gasteiger partial charge is 0.0798 e. The van der Waals surface area contributed by atoms with Gasteiger partial charge >= 0.3 is 0 Å². The van der Waals surface area contributed by atoms with E-state index in [-0.39, 0.29) is 25.5 Å². The quantitative estimate of drug-likeness (QED) is 0.118. The number of nitrogens with zero attached hydrogens (tertiary/aromatic N) is 2. The number of benzene rings is 4. The summed E-state index contributed by atoms with van der Waals surface area (Å²) in [6.45, 7) is 18.6. The predicted molar refractivity (Wildman–Crippen MR) is 220 cm³/mol. The van der Waals surface area contributed by atoms with E-state index < -0.39 is 8.07 Å². The summed E-state index contributed by atoms with van der Waals surface area (Å²) in [6, 6.07) is 42.9. The van der Waals surface area contributed by atoms with Gasteiger partial charge in [-0.2, -0.15) is 11.3 Å². The first-order valence-corrected chi connectivity index (χ1v) is 22.0. The Hall–Kier alpha value is -3.73. The van der Waals surface area contributed by atoms with Crippen LogP contribution in [0, 0.1) is 23.5 Å². The molecule has 263 valence electrons. The van der Waals surface area contributed by atoms with E-state index >= 15 is 0 Å². The van der Waals surface area contributed by atoms with Crippen molar-refractivity contribution in [2.24, 2.45) is 11.3 Å². The monoisotopic (exact) mass is 881 g/mol. The number of hydrogen-bond acceptors (Lipinski definition) is 3. The molecule has 0 spiro atoms. The zero-order chi connectivity index (χ0) is 35.5. The molecule has 5 heteroatoms. The topological polar surface area (TPSA) is 25.8 Å². The number of pyridine rings is 2. The fraction of sp³-hybridized carbons (Fsp3) is 0.261. The van der Waals surface area contributed by atoms with E-state index in [1.807, 2.05) is 41.8 Å². The summed E-state index contributed by atoms with van der Waals surface area (Å²) in [5.41, 5.74) is 9.86. The average Bonchev–Trinajstić information content (AvgIpc) is 3.47. The molecule has 7 aromatic rings. The maximum absolute atomic E-state index is 4.71. The average molecular weight is 881 g/mol. The molecular formula is C46H48IrN2SSi-2. The molecule has 1 radical (unpaired) electrons. The van der Waals surface area contributed by atoms with Gasteiger partial charge in [-0.1, -0.05) is 131 Å². The van der Waals surface area contributed by atoms with Crippen molar-refractivity contribution in [1.82, 2.24) is 9.97 Å². The molecule has 0 aliphatic heterocycles. The Labute approximate surface area is 323 Å². The standard InChI is InChI=1S/C27H22NS.C19H26NSi.Ir/c1-18(2)16-19-14-15-28-25(17-19)24-13-7-12-23-22-11-6-10-21(26(22)29-27(23)24)20-8-4-3-5-9-20;1-19(2,3)13-16-12-17(15-10-8-7-9-11-15)20-14-18(16)21(4,5)6;/h3-12,14-15,17-18H,16H2,1-2H3;7-10,12,14H,13H2,1-6H3;/q2*-1;. The maximum atomic E-state index is 4.71. The molecule has 2 nitrogen and oxygen atoms in total. The first-order chi connectivity index (χ1) is 23.9. The zero-order valence-corrected chi connectivity index (χ0v) is 35.3. The third kappa shape index (κ3) is 9.39. The van der Waals surface area contributed by atoms with E-state index in [0.717, 1.165) is 35.4 Å². The summed E-state index contributed by atoms with van der Waals surface area (Å²) in [5.74, 6) is 0.628. The van der Waals surface area contributed by atoms with Crippen molar-refractivity contribution in [1.29, 1.82) is 0 Å². The van der Waals surface area contributed by atoms with Crippen LogP contribution in [0.25, 0.3) is 53.8 Å². The van der Waals surface area contributed by atoms with Crippen LogP contribution in [0.4, 0.5) is 0 Å². The second-order valence-corrected chi connectivity index (χ2v) is 21.9.